The van der Waals surface area contributed by atoms with Crippen molar-refractivity contribution in [3.8, 4) is 5.75 Å². The molecule has 0 saturated heterocycles. The van der Waals surface area contributed by atoms with Crippen LogP contribution in [0.5, 0.6) is 5.75 Å². The Balaban J connectivity index is 2.55. The normalized spacial score (nSPS) is 11.9. The highest BCUT2D eigenvalue weighted by atomic mass is 16.5. The molecule has 0 aliphatic rings. The molecular formula is C13H16O3. The van der Waals surface area contributed by atoms with E-state index in [4.69, 9.17) is 4.74 Å². The van der Waals surface area contributed by atoms with Gasteiger partial charge in [-0.1, -0.05) is 6.92 Å². The minimum absolute atomic E-state index is 0.0535. The van der Waals surface area contributed by atoms with Crippen LogP contribution in [0, 0.1) is 5.92 Å². The van der Waals surface area contributed by atoms with Crippen molar-refractivity contribution in [2.24, 2.45) is 5.92 Å². The molecule has 0 radical (unpaired) electrons. The third-order valence-corrected chi connectivity index (χ3v) is 2.47. The number of carbonyl (C=O) groups is 2. The van der Waals surface area contributed by atoms with Gasteiger partial charge in [0.1, 0.15) is 12.0 Å². The van der Waals surface area contributed by atoms with Crippen molar-refractivity contribution in [2.45, 2.75) is 19.8 Å². The molecule has 86 valence electrons. The monoisotopic (exact) mass is 220 g/mol. The summed E-state index contributed by atoms with van der Waals surface area (Å²) < 4.78 is 5.01. The van der Waals surface area contributed by atoms with E-state index in [1.54, 1.807) is 31.4 Å². The van der Waals surface area contributed by atoms with Crippen molar-refractivity contribution < 1.29 is 14.3 Å². The van der Waals surface area contributed by atoms with Crippen LogP contribution < -0.4 is 4.74 Å². The van der Waals surface area contributed by atoms with E-state index in [-0.39, 0.29) is 11.7 Å². The Labute approximate surface area is 95.4 Å². The van der Waals surface area contributed by atoms with Gasteiger partial charge in [0, 0.05) is 17.9 Å². The molecule has 16 heavy (non-hydrogen) atoms. The van der Waals surface area contributed by atoms with Crippen LogP contribution in [0.4, 0.5) is 0 Å². The summed E-state index contributed by atoms with van der Waals surface area (Å²) in [6, 6.07) is 7.01. The molecule has 1 rings (SSSR count). The highest BCUT2D eigenvalue weighted by Gasteiger charge is 2.08. The number of methoxy groups -OCH3 is 1. The van der Waals surface area contributed by atoms with E-state index in [2.05, 4.69) is 0 Å². The van der Waals surface area contributed by atoms with Crippen LogP contribution >= 0.6 is 0 Å². The van der Waals surface area contributed by atoms with Crippen LogP contribution in [-0.4, -0.2) is 19.2 Å². The molecule has 0 fully saturated rings. The lowest BCUT2D eigenvalue weighted by atomic mass is 10.0. The van der Waals surface area contributed by atoms with Gasteiger partial charge in [-0.25, -0.2) is 0 Å². The lowest BCUT2D eigenvalue weighted by molar-refractivity contribution is -0.110. The summed E-state index contributed by atoms with van der Waals surface area (Å²) >= 11 is 0. The number of ketones is 1. The number of benzene rings is 1. The third kappa shape index (κ3) is 3.50. The van der Waals surface area contributed by atoms with Crippen LogP contribution in [0.3, 0.4) is 0 Å². The summed E-state index contributed by atoms with van der Waals surface area (Å²) in [5.41, 5.74) is 0.666. The molecule has 0 spiro atoms. The maximum atomic E-state index is 11.7. The summed E-state index contributed by atoms with van der Waals surface area (Å²) in [5.74, 6) is 0.747. The number of aldehydes is 1. The fourth-order valence-corrected chi connectivity index (χ4v) is 1.35. The number of carbonyl (C=O) groups excluding carboxylic acids is 2. The summed E-state index contributed by atoms with van der Waals surface area (Å²) in [6.45, 7) is 1.81. The fourth-order valence-electron chi connectivity index (χ4n) is 1.35. The van der Waals surface area contributed by atoms with Crippen molar-refractivity contribution in [3.63, 3.8) is 0 Å². The van der Waals surface area contributed by atoms with Crippen molar-refractivity contribution in [2.75, 3.05) is 7.11 Å². The van der Waals surface area contributed by atoms with Crippen molar-refractivity contribution >= 4 is 12.1 Å². The zero-order chi connectivity index (χ0) is 12.0. The maximum absolute atomic E-state index is 11.7. The lowest BCUT2D eigenvalue weighted by Gasteiger charge is -2.04. The van der Waals surface area contributed by atoms with Crippen molar-refractivity contribution in [1.82, 2.24) is 0 Å². The highest BCUT2D eigenvalue weighted by Crippen LogP contribution is 2.14. The molecule has 0 amide bonds. The summed E-state index contributed by atoms with van der Waals surface area (Å²) in [6.07, 6.45) is 1.89. The van der Waals surface area contributed by atoms with Gasteiger partial charge in [0.05, 0.1) is 7.11 Å². The van der Waals surface area contributed by atoms with Gasteiger partial charge < -0.3 is 9.53 Å². The van der Waals surface area contributed by atoms with Crippen molar-refractivity contribution in [1.29, 1.82) is 0 Å². The average molecular weight is 220 g/mol. The van der Waals surface area contributed by atoms with Gasteiger partial charge in [-0.3, -0.25) is 4.79 Å². The Kier molecular flexibility index (Phi) is 4.70. The number of rotatable bonds is 6. The fraction of sp³-hybridized carbons (Fsp3) is 0.385. The van der Waals surface area contributed by atoms with Crippen LogP contribution in [0.2, 0.25) is 0 Å². The van der Waals surface area contributed by atoms with Crippen LogP contribution in [0.25, 0.3) is 0 Å². The van der Waals surface area contributed by atoms with E-state index < -0.39 is 0 Å². The molecule has 0 heterocycles. The largest absolute Gasteiger partial charge is 0.497 e. The maximum Gasteiger partial charge on any atom is 0.162 e. The Bertz CT molecular complexity index is 354. The van der Waals surface area contributed by atoms with E-state index in [1.165, 1.54) is 0 Å². The van der Waals surface area contributed by atoms with Crippen molar-refractivity contribution in [3.05, 3.63) is 29.8 Å². The minimum atomic E-state index is -0.0535. The summed E-state index contributed by atoms with van der Waals surface area (Å²) in [4.78, 5) is 22.1. The van der Waals surface area contributed by atoms with Gasteiger partial charge in [-0.15, -0.1) is 0 Å². The molecule has 1 aromatic rings. The molecule has 0 N–H and O–H groups in total. The van der Waals surface area contributed by atoms with E-state index in [0.29, 0.717) is 18.4 Å². The van der Waals surface area contributed by atoms with Gasteiger partial charge >= 0.3 is 0 Å². The van der Waals surface area contributed by atoms with E-state index in [0.717, 1.165) is 12.0 Å². The molecule has 0 aromatic heterocycles. The van der Waals surface area contributed by atoms with Gasteiger partial charge in [0.2, 0.25) is 0 Å². The molecule has 0 aliphatic heterocycles. The molecule has 0 aliphatic carbocycles. The zero-order valence-electron chi connectivity index (χ0n) is 9.60. The highest BCUT2D eigenvalue weighted by molar-refractivity contribution is 5.96. The average Bonchev–Trinajstić information content (AvgIpc) is 2.35. The summed E-state index contributed by atoms with van der Waals surface area (Å²) in [7, 11) is 1.59. The van der Waals surface area contributed by atoms with Gasteiger partial charge in [0.15, 0.2) is 5.78 Å². The zero-order valence-corrected chi connectivity index (χ0v) is 9.60. The predicted octanol–water partition coefficient (Wildman–Crippen LogP) is 2.49. The van der Waals surface area contributed by atoms with Crippen LogP contribution in [0.1, 0.15) is 30.1 Å². The second-order valence-electron chi connectivity index (χ2n) is 3.80. The number of hydrogen-bond donors (Lipinski definition) is 0. The van der Waals surface area contributed by atoms with E-state index >= 15 is 0 Å². The Morgan fingerprint density at radius 3 is 2.50 bits per heavy atom. The minimum Gasteiger partial charge on any atom is -0.497 e. The quantitative estimate of drug-likeness (QED) is 0.546. The SMILES string of the molecule is COc1ccc(C(=O)CC[C@@H](C)C=O)cc1. The van der Waals surface area contributed by atoms with E-state index in [1.807, 2.05) is 6.92 Å². The molecule has 0 unspecified atom stereocenters. The predicted molar refractivity (Wildman–Crippen MR) is 61.8 cm³/mol. The Morgan fingerprint density at radius 2 is 2.00 bits per heavy atom. The van der Waals surface area contributed by atoms with Crippen LogP contribution in [-0.2, 0) is 4.79 Å². The standard InChI is InChI=1S/C13H16O3/c1-10(9-14)3-8-13(15)11-4-6-12(16-2)7-5-11/h4-7,9-10H,3,8H2,1-2H3/t10-/m1/s1. The summed E-state index contributed by atoms with van der Waals surface area (Å²) in [5, 5.41) is 0. The molecule has 3 heteroatoms. The van der Waals surface area contributed by atoms with Gasteiger partial charge in [-0.2, -0.15) is 0 Å². The topological polar surface area (TPSA) is 43.4 Å². The van der Waals surface area contributed by atoms with Gasteiger partial charge in [-0.05, 0) is 30.7 Å². The lowest BCUT2D eigenvalue weighted by Crippen LogP contribution is -2.03. The smallest absolute Gasteiger partial charge is 0.162 e. The first kappa shape index (κ1) is 12.4. The first-order chi connectivity index (χ1) is 7.67. The Hall–Kier alpha value is -1.64. The van der Waals surface area contributed by atoms with E-state index in [9.17, 15) is 9.59 Å². The molecule has 3 nitrogen and oxygen atoms in total. The molecule has 1 atom stereocenters. The second-order valence-corrected chi connectivity index (χ2v) is 3.80. The first-order valence-electron chi connectivity index (χ1n) is 5.30. The Morgan fingerprint density at radius 1 is 1.38 bits per heavy atom. The third-order valence-electron chi connectivity index (χ3n) is 2.47. The first-order valence-corrected chi connectivity index (χ1v) is 5.30. The molecule has 0 bridgehead atoms. The van der Waals surface area contributed by atoms with Gasteiger partial charge in [0.25, 0.3) is 0 Å². The number of hydrogen-bond acceptors (Lipinski definition) is 3. The molecular weight excluding hydrogens is 204 g/mol. The molecule has 1 aromatic carbocycles. The van der Waals surface area contributed by atoms with Crippen LogP contribution in [0.15, 0.2) is 24.3 Å². The second kappa shape index (κ2) is 6.05. The number of ether oxygens (including phenoxy) is 1. The molecule has 0 saturated carbocycles. The number of Topliss-reactive ketones (excluding diaryl/α,β-unsaturated/α-hetero) is 1.